The smallest absolute Gasteiger partial charge is 0.253 e. The normalized spacial score (nSPS) is 16.5. The maximum Gasteiger partial charge on any atom is 0.253 e. The van der Waals surface area contributed by atoms with Crippen molar-refractivity contribution < 1.29 is 14.3 Å². The Bertz CT molecular complexity index is 975. The van der Waals surface area contributed by atoms with E-state index in [-0.39, 0.29) is 17.9 Å². The molecule has 2 fully saturated rings. The molecule has 35 heavy (non-hydrogen) atoms. The van der Waals surface area contributed by atoms with Gasteiger partial charge in [-0.2, -0.15) is 0 Å². The van der Waals surface area contributed by atoms with E-state index >= 15 is 0 Å². The van der Waals surface area contributed by atoms with Crippen molar-refractivity contribution in [1.29, 1.82) is 0 Å². The van der Waals surface area contributed by atoms with Gasteiger partial charge in [0, 0.05) is 51.3 Å². The van der Waals surface area contributed by atoms with Crippen molar-refractivity contribution in [2.24, 2.45) is 0 Å². The molecule has 2 aliphatic heterocycles. The van der Waals surface area contributed by atoms with E-state index in [2.05, 4.69) is 11.0 Å². The lowest BCUT2D eigenvalue weighted by molar-refractivity contribution is -0.131. The first-order chi connectivity index (χ1) is 17.0. The van der Waals surface area contributed by atoms with E-state index in [0.717, 1.165) is 82.0 Å². The molecule has 188 valence electrons. The maximum absolute atomic E-state index is 12.8. The van der Waals surface area contributed by atoms with Crippen molar-refractivity contribution in [3.63, 3.8) is 0 Å². The zero-order valence-electron chi connectivity index (χ0n) is 21.2. The fourth-order valence-electron chi connectivity index (χ4n) is 4.96. The zero-order chi connectivity index (χ0) is 24.6. The highest BCUT2D eigenvalue weighted by atomic mass is 16.5. The number of anilines is 1. The Kier molecular flexibility index (Phi) is 8.67. The number of ether oxygens (including phenoxy) is 1. The molecule has 2 aromatic rings. The molecule has 0 aliphatic carbocycles. The van der Waals surface area contributed by atoms with Gasteiger partial charge in [0.1, 0.15) is 5.75 Å². The van der Waals surface area contributed by atoms with E-state index < -0.39 is 0 Å². The van der Waals surface area contributed by atoms with E-state index in [4.69, 9.17) is 4.74 Å². The van der Waals surface area contributed by atoms with E-state index in [1.807, 2.05) is 66.1 Å². The molecule has 2 heterocycles. The number of benzene rings is 2. The zero-order valence-corrected chi connectivity index (χ0v) is 21.2. The summed E-state index contributed by atoms with van der Waals surface area (Å²) in [7, 11) is 0. The summed E-state index contributed by atoms with van der Waals surface area (Å²) in [4.78, 5) is 31.7. The summed E-state index contributed by atoms with van der Waals surface area (Å²) in [6, 6.07) is 16.1. The fourth-order valence-corrected chi connectivity index (χ4v) is 4.96. The molecular weight excluding hydrogens is 438 g/mol. The number of piperazine rings is 1. The minimum Gasteiger partial charge on any atom is -0.489 e. The highest BCUT2D eigenvalue weighted by Crippen LogP contribution is 2.29. The molecule has 2 aliphatic rings. The van der Waals surface area contributed by atoms with Crippen LogP contribution >= 0.6 is 0 Å². The summed E-state index contributed by atoms with van der Waals surface area (Å²) >= 11 is 0. The van der Waals surface area contributed by atoms with E-state index in [1.54, 1.807) is 0 Å². The number of piperidine rings is 1. The van der Waals surface area contributed by atoms with Gasteiger partial charge in [-0.25, -0.2) is 0 Å². The molecule has 0 bridgehead atoms. The van der Waals surface area contributed by atoms with Crippen LogP contribution in [-0.2, 0) is 11.2 Å². The number of amides is 2. The number of para-hydroxylation sites is 2. The topological polar surface area (TPSA) is 53.1 Å². The molecule has 0 N–H and O–H groups in total. The summed E-state index contributed by atoms with van der Waals surface area (Å²) in [6.07, 6.45) is 5.79. The number of hydrogen-bond donors (Lipinski definition) is 0. The van der Waals surface area contributed by atoms with Gasteiger partial charge in [0.2, 0.25) is 5.91 Å². The molecule has 0 radical (unpaired) electrons. The van der Waals surface area contributed by atoms with Gasteiger partial charge in [-0.1, -0.05) is 24.3 Å². The van der Waals surface area contributed by atoms with Crippen LogP contribution in [-0.4, -0.2) is 67.0 Å². The number of hydrogen-bond acceptors (Lipinski definition) is 4. The minimum absolute atomic E-state index is 0.130. The summed E-state index contributed by atoms with van der Waals surface area (Å²) in [5.74, 6) is 1.28. The molecule has 2 amide bonds. The van der Waals surface area contributed by atoms with E-state index in [9.17, 15) is 9.59 Å². The molecule has 6 nitrogen and oxygen atoms in total. The molecule has 6 heteroatoms. The van der Waals surface area contributed by atoms with Crippen molar-refractivity contribution in [2.45, 2.75) is 58.5 Å². The van der Waals surface area contributed by atoms with E-state index in [1.165, 1.54) is 12.0 Å². The molecule has 0 spiro atoms. The average Bonchev–Trinajstić information content (AvgIpc) is 2.89. The predicted octanol–water partition coefficient (Wildman–Crippen LogP) is 4.77. The van der Waals surface area contributed by atoms with Gasteiger partial charge in [0.15, 0.2) is 0 Å². The Morgan fingerprint density at radius 3 is 2.20 bits per heavy atom. The standard InChI is InChI=1S/C29H39N3O3/c1-23(2)35-27-11-5-4-10-26(27)30-19-21-31(22-20-30)28(33)12-8-9-24-13-15-25(16-14-24)29(34)32-17-6-3-7-18-32/h4-5,10-11,13-16,23H,3,6-9,12,17-22H2,1-2H3. The Morgan fingerprint density at radius 1 is 0.829 bits per heavy atom. The van der Waals surface area contributed by atoms with Crippen molar-refractivity contribution in [2.75, 3.05) is 44.2 Å². The van der Waals surface area contributed by atoms with Gasteiger partial charge >= 0.3 is 0 Å². The lowest BCUT2D eigenvalue weighted by atomic mass is 10.0. The largest absolute Gasteiger partial charge is 0.489 e. The summed E-state index contributed by atoms with van der Waals surface area (Å²) < 4.78 is 5.98. The third kappa shape index (κ3) is 6.77. The second-order valence-electron chi connectivity index (χ2n) is 9.91. The van der Waals surface area contributed by atoms with Crippen molar-refractivity contribution in [3.8, 4) is 5.75 Å². The average molecular weight is 478 g/mol. The van der Waals surface area contributed by atoms with Crippen LogP contribution in [0.15, 0.2) is 48.5 Å². The monoisotopic (exact) mass is 477 g/mol. The highest BCUT2D eigenvalue weighted by Gasteiger charge is 2.23. The third-order valence-corrected chi connectivity index (χ3v) is 6.90. The van der Waals surface area contributed by atoms with Crippen molar-refractivity contribution >= 4 is 17.5 Å². The quantitative estimate of drug-likeness (QED) is 0.550. The molecular formula is C29H39N3O3. The van der Waals surface area contributed by atoms with Gasteiger partial charge in [-0.05, 0) is 75.8 Å². The van der Waals surface area contributed by atoms with Crippen LogP contribution in [0.5, 0.6) is 5.75 Å². The number of carbonyl (C=O) groups is 2. The van der Waals surface area contributed by atoms with E-state index in [0.29, 0.717) is 6.42 Å². The first-order valence-electron chi connectivity index (χ1n) is 13.2. The van der Waals surface area contributed by atoms with Gasteiger partial charge in [0.25, 0.3) is 5.91 Å². The van der Waals surface area contributed by atoms with Gasteiger partial charge in [-0.3, -0.25) is 9.59 Å². The highest BCUT2D eigenvalue weighted by molar-refractivity contribution is 5.94. The Hall–Kier alpha value is -3.02. The summed E-state index contributed by atoms with van der Waals surface area (Å²) in [5, 5.41) is 0. The Morgan fingerprint density at radius 2 is 1.51 bits per heavy atom. The first kappa shape index (κ1) is 25.1. The number of nitrogens with zero attached hydrogens (tertiary/aromatic N) is 3. The summed E-state index contributed by atoms with van der Waals surface area (Å²) in [5.41, 5.74) is 3.06. The number of likely N-dealkylation sites (tertiary alicyclic amines) is 1. The first-order valence-corrected chi connectivity index (χ1v) is 13.2. The molecule has 0 saturated carbocycles. The molecule has 2 aromatic carbocycles. The lowest BCUT2D eigenvalue weighted by Gasteiger charge is -2.37. The minimum atomic E-state index is 0.130. The fraction of sp³-hybridized carbons (Fsp3) is 0.517. The number of rotatable bonds is 8. The van der Waals surface area contributed by atoms with Crippen LogP contribution in [0.1, 0.15) is 61.9 Å². The Balaban J connectivity index is 1.21. The van der Waals surface area contributed by atoms with Crippen LogP contribution in [0.2, 0.25) is 0 Å². The molecule has 0 unspecified atom stereocenters. The van der Waals surface area contributed by atoms with Crippen LogP contribution in [0.25, 0.3) is 0 Å². The third-order valence-electron chi connectivity index (χ3n) is 6.90. The van der Waals surface area contributed by atoms with Gasteiger partial charge < -0.3 is 19.4 Å². The number of aryl methyl sites for hydroxylation is 1. The molecule has 2 saturated heterocycles. The van der Waals surface area contributed by atoms with Crippen LogP contribution < -0.4 is 9.64 Å². The van der Waals surface area contributed by atoms with Gasteiger partial charge in [-0.15, -0.1) is 0 Å². The second kappa shape index (κ2) is 12.1. The van der Waals surface area contributed by atoms with Crippen molar-refractivity contribution in [3.05, 3.63) is 59.7 Å². The lowest BCUT2D eigenvalue weighted by Crippen LogP contribution is -2.48. The SMILES string of the molecule is CC(C)Oc1ccccc1N1CCN(C(=O)CCCc2ccc(C(=O)N3CCCCC3)cc2)CC1. The van der Waals surface area contributed by atoms with Crippen LogP contribution in [0.3, 0.4) is 0 Å². The molecule has 0 aromatic heterocycles. The second-order valence-corrected chi connectivity index (χ2v) is 9.91. The van der Waals surface area contributed by atoms with Crippen LogP contribution in [0, 0.1) is 0 Å². The Labute approximate surface area is 209 Å². The predicted molar refractivity (Wildman–Crippen MR) is 140 cm³/mol. The summed E-state index contributed by atoms with van der Waals surface area (Å²) in [6.45, 7) is 8.93. The van der Waals surface area contributed by atoms with Crippen molar-refractivity contribution in [1.82, 2.24) is 9.80 Å². The van der Waals surface area contributed by atoms with Gasteiger partial charge in [0.05, 0.1) is 11.8 Å². The maximum atomic E-state index is 12.8. The number of carbonyl (C=O) groups excluding carboxylic acids is 2. The molecule has 4 rings (SSSR count). The van der Waals surface area contributed by atoms with Crippen LogP contribution in [0.4, 0.5) is 5.69 Å². The molecule has 0 atom stereocenters.